The zero-order valence-corrected chi connectivity index (χ0v) is 14.8. The lowest BCUT2D eigenvalue weighted by Gasteiger charge is -2.25. The van der Waals surface area contributed by atoms with E-state index in [0.29, 0.717) is 13.0 Å². The second-order valence-corrected chi connectivity index (χ2v) is 7.17. The van der Waals surface area contributed by atoms with Gasteiger partial charge in [0.2, 0.25) is 5.60 Å². The molecule has 6 nitrogen and oxygen atoms in total. The third-order valence-electron chi connectivity index (χ3n) is 4.10. The maximum absolute atomic E-state index is 12.6. The van der Waals surface area contributed by atoms with Crippen molar-refractivity contribution in [2.75, 3.05) is 20.6 Å². The third kappa shape index (κ3) is 3.37. The number of nitrogens with one attached hydrogen (secondary N) is 1. The Bertz CT molecular complexity index is 710. The number of furan rings is 1. The smallest absolute Gasteiger partial charge is 0.267 e. The fraction of sp³-hybridized carbons (Fsp3) is 0.412. The first-order valence-corrected chi connectivity index (χ1v) is 8.64. The van der Waals surface area contributed by atoms with Gasteiger partial charge in [0.15, 0.2) is 0 Å². The monoisotopic (exact) mass is 347 g/mol. The summed E-state index contributed by atoms with van der Waals surface area (Å²) in [7, 11) is 3.90. The molecule has 128 valence electrons. The van der Waals surface area contributed by atoms with Crippen LogP contribution in [0.4, 0.5) is 0 Å². The Morgan fingerprint density at radius 1 is 1.46 bits per heavy atom. The van der Waals surface area contributed by atoms with Crippen LogP contribution < -0.4 is 5.32 Å². The predicted octanol–water partition coefficient (Wildman–Crippen LogP) is 2.64. The minimum Gasteiger partial charge on any atom is -0.468 e. The van der Waals surface area contributed by atoms with Gasteiger partial charge in [-0.2, -0.15) is 0 Å². The van der Waals surface area contributed by atoms with E-state index < -0.39 is 5.60 Å². The van der Waals surface area contributed by atoms with Gasteiger partial charge in [0, 0.05) is 13.0 Å². The Balaban J connectivity index is 1.61. The summed E-state index contributed by atoms with van der Waals surface area (Å²) in [5, 5.41) is 9.05. The van der Waals surface area contributed by atoms with Gasteiger partial charge in [0.1, 0.15) is 11.5 Å². The molecule has 2 aromatic rings. The first kappa shape index (κ1) is 16.7. The van der Waals surface area contributed by atoms with Crippen LogP contribution in [0, 0.1) is 0 Å². The molecule has 3 heterocycles. The highest BCUT2D eigenvalue weighted by atomic mass is 32.1. The summed E-state index contributed by atoms with van der Waals surface area (Å²) in [5.74, 6) is 0.643. The molecule has 1 N–H and O–H groups in total. The highest BCUT2D eigenvalue weighted by Crippen LogP contribution is 2.28. The van der Waals surface area contributed by atoms with Crippen LogP contribution in [0.3, 0.4) is 0 Å². The van der Waals surface area contributed by atoms with E-state index in [1.54, 1.807) is 24.5 Å². The molecule has 0 bridgehead atoms. The number of rotatable bonds is 6. The predicted molar refractivity (Wildman–Crippen MR) is 93.1 cm³/mol. The van der Waals surface area contributed by atoms with Gasteiger partial charge in [-0.05, 0) is 44.6 Å². The first-order chi connectivity index (χ1) is 11.5. The van der Waals surface area contributed by atoms with Crippen molar-refractivity contribution < 1.29 is 14.0 Å². The van der Waals surface area contributed by atoms with Crippen molar-refractivity contribution in [2.45, 2.75) is 25.0 Å². The van der Waals surface area contributed by atoms with E-state index in [9.17, 15) is 4.79 Å². The van der Waals surface area contributed by atoms with Crippen LogP contribution in [-0.2, 0) is 9.63 Å². The third-order valence-corrected chi connectivity index (χ3v) is 5.02. The van der Waals surface area contributed by atoms with Crippen molar-refractivity contribution >= 4 is 23.0 Å². The summed E-state index contributed by atoms with van der Waals surface area (Å²) >= 11 is 1.59. The number of thiophene rings is 1. The molecule has 2 aromatic heterocycles. The molecule has 0 saturated carbocycles. The van der Waals surface area contributed by atoms with E-state index in [4.69, 9.17) is 9.25 Å². The van der Waals surface area contributed by atoms with Crippen molar-refractivity contribution in [3.63, 3.8) is 0 Å². The Kier molecular flexibility index (Phi) is 4.73. The number of oxime groups is 1. The van der Waals surface area contributed by atoms with Crippen LogP contribution >= 0.6 is 11.3 Å². The minimum atomic E-state index is -0.973. The normalized spacial score (nSPS) is 21.4. The Hall–Kier alpha value is -2.12. The van der Waals surface area contributed by atoms with E-state index in [0.717, 1.165) is 16.3 Å². The topological polar surface area (TPSA) is 67.1 Å². The molecule has 0 unspecified atom stereocenters. The maximum Gasteiger partial charge on any atom is 0.267 e. The van der Waals surface area contributed by atoms with Crippen molar-refractivity contribution in [3.8, 4) is 0 Å². The van der Waals surface area contributed by atoms with Crippen LogP contribution in [0.15, 0.2) is 45.5 Å². The quantitative estimate of drug-likeness (QED) is 0.872. The van der Waals surface area contributed by atoms with Gasteiger partial charge < -0.3 is 14.6 Å². The van der Waals surface area contributed by atoms with E-state index in [1.165, 1.54) is 0 Å². The van der Waals surface area contributed by atoms with E-state index >= 15 is 0 Å². The molecular weight excluding hydrogens is 326 g/mol. The number of carbonyl (C=O) groups is 1. The molecule has 0 spiro atoms. The van der Waals surface area contributed by atoms with Crippen LogP contribution in [-0.4, -0.2) is 42.8 Å². The fourth-order valence-electron chi connectivity index (χ4n) is 2.63. The molecule has 2 atom stereocenters. The van der Waals surface area contributed by atoms with Crippen molar-refractivity contribution in [1.82, 2.24) is 10.2 Å². The van der Waals surface area contributed by atoms with Crippen molar-refractivity contribution in [3.05, 3.63) is 46.5 Å². The molecule has 0 aromatic carbocycles. The Morgan fingerprint density at radius 2 is 2.29 bits per heavy atom. The number of nitrogens with zero attached hydrogens (tertiary/aromatic N) is 2. The largest absolute Gasteiger partial charge is 0.468 e. The second kappa shape index (κ2) is 6.78. The first-order valence-electron chi connectivity index (χ1n) is 7.76. The fourth-order valence-corrected chi connectivity index (χ4v) is 3.34. The lowest BCUT2D eigenvalue weighted by atomic mass is 9.98. The molecule has 24 heavy (non-hydrogen) atoms. The van der Waals surface area contributed by atoms with E-state index in [-0.39, 0.29) is 11.9 Å². The molecule has 0 radical (unpaired) electrons. The maximum atomic E-state index is 12.6. The van der Waals surface area contributed by atoms with E-state index in [2.05, 4.69) is 10.5 Å². The lowest BCUT2D eigenvalue weighted by molar-refractivity contribution is -0.141. The van der Waals surface area contributed by atoms with Crippen LogP contribution in [0.1, 0.15) is 30.0 Å². The SMILES string of the molecule is CN(C)[C@H](CNC(=O)[C@]1(C)CC(c2cccs2)=NO1)c1ccco1. The lowest BCUT2D eigenvalue weighted by Crippen LogP contribution is -2.47. The standard InChI is InChI=1S/C17H21N3O3S/c1-17(10-12(19-23-17)15-7-5-9-24-15)16(21)18-11-13(20(2)3)14-6-4-8-22-14/h4-9,13H,10-11H2,1-3H3,(H,18,21)/t13-,17+/m1/s1. The molecule has 3 rings (SSSR count). The average Bonchev–Trinajstić information content (AvgIpc) is 3.28. The van der Waals surface area contributed by atoms with Crippen LogP contribution in [0.25, 0.3) is 0 Å². The molecule has 1 aliphatic rings. The van der Waals surface area contributed by atoms with E-state index in [1.807, 2.05) is 48.6 Å². The highest BCUT2D eigenvalue weighted by Gasteiger charge is 2.42. The second-order valence-electron chi connectivity index (χ2n) is 6.22. The summed E-state index contributed by atoms with van der Waals surface area (Å²) in [6, 6.07) is 7.66. The van der Waals surface area contributed by atoms with Crippen LogP contribution in [0.2, 0.25) is 0 Å². The summed E-state index contributed by atoms with van der Waals surface area (Å²) in [6.45, 7) is 2.20. The summed E-state index contributed by atoms with van der Waals surface area (Å²) in [5.41, 5.74) is -0.155. The number of hydrogen-bond donors (Lipinski definition) is 1. The Morgan fingerprint density at radius 3 is 2.92 bits per heavy atom. The van der Waals surface area contributed by atoms with Gasteiger partial charge in [0.05, 0.1) is 17.2 Å². The number of amides is 1. The van der Waals surface area contributed by atoms with Crippen LogP contribution in [0.5, 0.6) is 0 Å². The van der Waals surface area contributed by atoms with Crippen molar-refractivity contribution in [2.24, 2.45) is 5.16 Å². The zero-order chi connectivity index (χ0) is 17.2. The molecule has 1 aliphatic heterocycles. The molecular formula is C17H21N3O3S. The minimum absolute atomic E-state index is 0.0355. The molecule has 1 amide bonds. The van der Waals surface area contributed by atoms with Gasteiger partial charge in [0.25, 0.3) is 5.91 Å². The summed E-state index contributed by atoms with van der Waals surface area (Å²) in [4.78, 5) is 21.1. The number of carbonyl (C=O) groups excluding carboxylic acids is 1. The summed E-state index contributed by atoms with van der Waals surface area (Å²) < 4.78 is 5.46. The van der Waals surface area contributed by atoms with Gasteiger partial charge in [-0.3, -0.25) is 9.69 Å². The zero-order valence-electron chi connectivity index (χ0n) is 14.0. The average molecular weight is 347 g/mol. The molecule has 7 heteroatoms. The highest BCUT2D eigenvalue weighted by molar-refractivity contribution is 7.12. The Labute approximate surface area is 145 Å². The van der Waals surface area contributed by atoms with Crippen molar-refractivity contribution in [1.29, 1.82) is 0 Å². The van der Waals surface area contributed by atoms with Gasteiger partial charge in [-0.1, -0.05) is 11.2 Å². The summed E-state index contributed by atoms with van der Waals surface area (Å²) in [6.07, 6.45) is 2.10. The molecule has 0 fully saturated rings. The number of hydrogen-bond acceptors (Lipinski definition) is 6. The van der Waals surface area contributed by atoms with Gasteiger partial charge in [-0.25, -0.2) is 0 Å². The molecule has 0 saturated heterocycles. The number of likely N-dealkylation sites (N-methyl/N-ethyl adjacent to an activating group) is 1. The molecule has 0 aliphatic carbocycles. The van der Waals surface area contributed by atoms with Gasteiger partial charge >= 0.3 is 0 Å². The van der Waals surface area contributed by atoms with Gasteiger partial charge in [-0.15, -0.1) is 11.3 Å².